The van der Waals surface area contributed by atoms with Crippen LogP contribution >= 0.6 is 35.0 Å². The van der Waals surface area contributed by atoms with Crippen LogP contribution in [0.25, 0.3) is 6.08 Å². The number of halogens is 2. The van der Waals surface area contributed by atoms with Crippen LogP contribution in [0.15, 0.2) is 132 Å². The van der Waals surface area contributed by atoms with Crippen LogP contribution in [0, 0.1) is 0 Å². The minimum absolute atomic E-state index is 0.0444. The van der Waals surface area contributed by atoms with Gasteiger partial charge in [0.2, 0.25) is 5.91 Å². The minimum Gasteiger partial charge on any atom is -0.486 e. The van der Waals surface area contributed by atoms with Crippen LogP contribution in [0.1, 0.15) is 26.7 Å². The zero-order chi connectivity index (χ0) is 34.2. The molecule has 246 valence electrons. The third-order valence-corrected chi connectivity index (χ3v) is 9.39. The lowest BCUT2D eigenvalue weighted by Crippen LogP contribution is -2.30. The summed E-state index contributed by atoms with van der Waals surface area (Å²) in [6.07, 6.45) is 1.47. The highest BCUT2D eigenvalue weighted by Crippen LogP contribution is 2.38. The van der Waals surface area contributed by atoms with E-state index in [9.17, 15) is 14.4 Å². The minimum atomic E-state index is -0.633. The highest BCUT2D eigenvalue weighted by atomic mass is 35.5. The van der Waals surface area contributed by atoms with Crippen LogP contribution in [0.4, 0.5) is 11.4 Å². The van der Waals surface area contributed by atoms with E-state index in [1.54, 1.807) is 84.9 Å². The van der Waals surface area contributed by atoms with Gasteiger partial charge in [-0.15, -0.1) is 11.8 Å². The molecule has 0 saturated carbocycles. The molecule has 0 spiro atoms. The summed E-state index contributed by atoms with van der Waals surface area (Å²) in [5, 5.41) is 8.49. The summed E-state index contributed by atoms with van der Waals surface area (Å²) in [5.74, 6) is -0.0972. The van der Waals surface area contributed by atoms with Crippen LogP contribution in [-0.2, 0) is 9.59 Å². The summed E-state index contributed by atoms with van der Waals surface area (Å²) < 4.78 is 11.3. The molecule has 49 heavy (non-hydrogen) atoms. The molecule has 1 unspecified atom stereocenters. The molecular weight excluding hydrogens is 681 g/mol. The van der Waals surface area contributed by atoms with Crippen molar-refractivity contribution < 1.29 is 23.9 Å². The molecule has 1 aliphatic rings. The van der Waals surface area contributed by atoms with Crippen molar-refractivity contribution in [3.63, 3.8) is 0 Å². The first-order valence-electron chi connectivity index (χ1n) is 15.2. The molecule has 0 radical (unpaired) electrons. The predicted octanol–water partition coefficient (Wildman–Crippen LogP) is 8.65. The largest absolute Gasteiger partial charge is 0.486 e. The van der Waals surface area contributed by atoms with E-state index >= 15 is 0 Å². The number of hydrogen-bond donors (Lipinski definition) is 3. The van der Waals surface area contributed by atoms with Gasteiger partial charge in [-0.3, -0.25) is 14.4 Å². The van der Waals surface area contributed by atoms with Crippen LogP contribution < -0.4 is 25.4 Å². The van der Waals surface area contributed by atoms with Crippen LogP contribution in [0.2, 0.25) is 10.0 Å². The highest BCUT2D eigenvalue weighted by Gasteiger charge is 2.24. The molecule has 5 aromatic carbocycles. The first kappa shape index (κ1) is 33.7. The fourth-order valence-electron chi connectivity index (χ4n) is 4.94. The van der Waals surface area contributed by atoms with Crippen molar-refractivity contribution in [2.45, 2.75) is 10.1 Å². The number of carbonyl (C=O) groups is 3. The van der Waals surface area contributed by atoms with E-state index in [2.05, 4.69) is 16.0 Å². The molecule has 1 atom stereocenters. The average molecular weight is 711 g/mol. The maximum atomic E-state index is 13.7. The number of nitrogens with one attached hydrogen (secondary N) is 3. The molecule has 0 bridgehead atoms. The third kappa shape index (κ3) is 8.63. The molecule has 0 aliphatic carbocycles. The van der Waals surface area contributed by atoms with Crippen molar-refractivity contribution in [3.8, 4) is 11.5 Å². The quantitative estimate of drug-likeness (QED) is 0.0990. The van der Waals surface area contributed by atoms with Crippen molar-refractivity contribution in [1.82, 2.24) is 5.32 Å². The summed E-state index contributed by atoms with van der Waals surface area (Å²) in [4.78, 5) is 41.2. The van der Waals surface area contributed by atoms with Gasteiger partial charge in [-0.25, -0.2) is 0 Å². The van der Waals surface area contributed by atoms with E-state index in [0.29, 0.717) is 52.2 Å². The first-order valence-corrected chi connectivity index (χ1v) is 16.8. The Balaban J connectivity index is 1.23. The molecule has 3 N–H and O–H groups in total. The number of carbonyl (C=O) groups excluding carboxylic acids is 3. The fraction of sp³-hybridized carbons (Fsp3) is 0.0789. The third-order valence-electron chi connectivity index (χ3n) is 7.31. The Morgan fingerprint density at radius 3 is 2.18 bits per heavy atom. The molecule has 6 rings (SSSR count). The Morgan fingerprint density at radius 1 is 0.714 bits per heavy atom. The van der Waals surface area contributed by atoms with Crippen molar-refractivity contribution >= 4 is 70.1 Å². The summed E-state index contributed by atoms with van der Waals surface area (Å²) in [6.45, 7) is 0.909. The Bertz CT molecular complexity index is 2030. The predicted molar refractivity (Wildman–Crippen MR) is 195 cm³/mol. The first-order chi connectivity index (χ1) is 23.8. The molecule has 1 aliphatic heterocycles. The number of amides is 3. The highest BCUT2D eigenvalue weighted by molar-refractivity contribution is 8.00. The van der Waals surface area contributed by atoms with Crippen LogP contribution in [0.3, 0.4) is 0 Å². The molecule has 0 saturated heterocycles. The van der Waals surface area contributed by atoms with Crippen molar-refractivity contribution in [1.29, 1.82) is 0 Å². The number of fused-ring (bicyclic) bond motifs is 1. The normalized spacial score (nSPS) is 12.8. The molecule has 0 fully saturated rings. The Morgan fingerprint density at radius 2 is 1.41 bits per heavy atom. The van der Waals surface area contributed by atoms with Gasteiger partial charge in [-0.1, -0.05) is 89.9 Å². The Hall–Kier alpha value is -5.22. The standard InChI is InChI=1S/C38H29Cl2N3O5S/c39-30-16-7-13-26(34(30)40)21-31(43-36(44)25-11-5-2-6-12-25)37(45)41-27-14-8-15-29(22-27)49-35(24-9-3-1-4-10-24)38(46)42-28-17-18-32-33(23-28)48-20-19-47-32/h1-18,21-23,35H,19-20H2,(H,41,45)(H,42,46)(H,43,44)/b31-21+. The Labute approximate surface area is 297 Å². The van der Waals surface area contributed by atoms with E-state index in [4.69, 9.17) is 32.7 Å². The van der Waals surface area contributed by atoms with Gasteiger partial charge >= 0.3 is 0 Å². The van der Waals surface area contributed by atoms with Gasteiger partial charge in [-0.05, 0) is 65.7 Å². The van der Waals surface area contributed by atoms with Crippen molar-refractivity contribution in [3.05, 3.63) is 154 Å². The lowest BCUT2D eigenvalue weighted by molar-refractivity contribution is -0.116. The molecule has 1 heterocycles. The summed E-state index contributed by atoms with van der Waals surface area (Å²) >= 11 is 14.0. The zero-order valence-corrected chi connectivity index (χ0v) is 28.1. The van der Waals surface area contributed by atoms with Gasteiger partial charge in [0.1, 0.15) is 24.2 Å². The number of hydrogen-bond acceptors (Lipinski definition) is 6. The van der Waals surface area contributed by atoms with Gasteiger partial charge in [0, 0.05) is 27.9 Å². The maximum Gasteiger partial charge on any atom is 0.272 e. The van der Waals surface area contributed by atoms with Crippen LogP contribution in [0.5, 0.6) is 11.5 Å². The van der Waals surface area contributed by atoms with Gasteiger partial charge in [0.05, 0.1) is 10.0 Å². The second-order valence-electron chi connectivity index (χ2n) is 10.8. The Kier molecular flexibility index (Phi) is 10.8. The lowest BCUT2D eigenvalue weighted by Gasteiger charge is -2.20. The number of anilines is 2. The molecule has 8 nitrogen and oxygen atoms in total. The topological polar surface area (TPSA) is 106 Å². The SMILES string of the molecule is O=C(Nc1cccc(SC(C(=O)Nc2ccc3c(c2)OCCO3)c2ccccc2)c1)/C(=C\c1cccc(Cl)c1Cl)NC(=O)c1ccccc1. The van der Waals surface area contributed by atoms with Gasteiger partial charge < -0.3 is 25.4 Å². The van der Waals surface area contributed by atoms with E-state index in [0.717, 1.165) is 10.5 Å². The van der Waals surface area contributed by atoms with E-state index < -0.39 is 17.1 Å². The number of ether oxygens (including phenoxy) is 2. The lowest BCUT2D eigenvalue weighted by atomic mass is 10.1. The van der Waals surface area contributed by atoms with E-state index in [-0.39, 0.29) is 16.6 Å². The van der Waals surface area contributed by atoms with Gasteiger partial charge in [-0.2, -0.15) is 0 Å². The number of benzene rings is 5. The molecular formula is C38H29Cl2N3O5S. The van der Waals surface area contributed by atoms with E-state index in [1.165, 1.54) is 17.8 Å². The monoisotopic (exact) mass is 709 g/mol. The van der Waals surface area contributed by atoms with Gasteiger partial charge in [0.15, 0.2) is 11.5 Å². The van der Waals surface area contributed by atoms with Gasteiger partial charge in [0.25, 0.3) is 11.8 Å². The molecule has 5 aromatic rings. The number of rotatable bonds is 10. The second kappa shape index (κ2) is 15.8. The van der Waals surface area contributed by atoms with E-state index in [1.807, 2.05) is 36.4 Å². The average Bonchev–Trinajstić information content (AvgIpc) is 3.13. The zero-order valence-electron chi connectivity index (χ0n) is 25.8. The summed E-state index contributed by atoms with van der Waals surface area (Å²) in [5.41, 5.74) is 2.60. The fourth-order valence-corrected chi connectivity index (χ4v) is 6.39. The smallest absolute Gasteiger partial charge is 0.272 e. The second-order valence-corrected chi connectivity index (χ2v) is 12.7. The summed E-state index contributed by atoms with van der Waals surface area (Å²) in [6, 6.07) is 35.4. The van der Waals surface area contributed by atoms with Crippen molar-refractivity contribution in [2.24, 2.45) is 0 Å². The molecule has 11 heteroatoms. The van der Waals surface area contributed by atoms with Crippen molar-refractivity contribution in [2.75, 3.05) is 23.8 Å². The summed E-state index contributed by atoms with van der Waals surface area (Å²) in [7, 11) is 0. The van der Waals surface area contributed by atoms with Crippen LogP contribution in [-0.4, -0.2) is 30.9 Å². The maximum absolute atomic E-state index is 13.7. The number of thioether (sulfide) groups is 1. The molecule has 3 amide bonds. The molecule has 0 aromatic heterocycles.